The molecule has 5 aromatic carbocycles. The Balaban J connectivity index is 1.33. The molecule has 0 radical (unpaired) electrons. The van der Waals surface area contributed by atoms with Gasteiger partial charge in [0.25, 0.3) is 0 Å². The molecule has 0 saturated carbocycles. The molecule has 45 heavy (non-hydrogen) atoms. The Kier molecular flexibility index (Phi) is 9.29. The smallest absolute Gasteiger partial charge is 0.429 e. The predicted molar refractivity (Wildman–Crippen MR) is 161 cm³/mol. The molecular formula is C37H27F6NO. The first-order valence-electron chi connectivity index (χ1n) is 14.3. The van der Waals surface area contributed by atoms with Gasteiger partial charge in [-0.25, -0.2) is 17.6 Å². The molecule has 8 heteroatoms. The van der Waals surface area contributed by atoms with Crippen molar-refractivity contribution in [1.29, 1.82) is 5.26 Å². The molecule has 0 unspecified atom stereocenters. The van der Waals surface area contributed by atoms with Gasteiger partial charge >= 0.3 is 6.11 Å². The molecule has 0 atom stereocenters. The molecule has 0 fully saturated rings. The van der Waals surface area contributed by atoms with Crippen LogP contribution in [0.15, 0.2) is 97.1 Å². The van der Waals surface area contributed by atoms with Gasteiger partial charge in [0.15, 0.2) is 0 Å². The normalized spacial score (nSPS) is 11.3. The number of ether oxygens (including phenoxy) is 1. The molecular weight excluding hydrogens is 588 g/mol. The van der Waals surface area contributed by atoms with Crippen LogP contribution in [0.2, 0.25) is 0 Å². The van der Waals surface area contributed by atoms with Gasteiger partial charge in [-0.05, 0) is 88.7 Å². The summed E-state index contributed by atoms with van der Waals surface area (Å²) in [7, 11) is 0. The zero-order valence-electron chi connectivity index (χ0n) is 24.2. The van der Waals surface area contributed by atoms with E-state index in [0.29, 0.717) is 28.8 Å². The summed E-state index contributed by atoms with van der Waals surface area (Å²) in [6.07, 6.45) is -0.118. The zero-order valence-corrected chi connectivity index (χ0v) is 24.2. The molecule has 0 bridgehead atoms. The van der Waals surface area contributed by atoms with Gasteiger partial charge in [-0.2, -0.15) is 14.0 Å². The summed E-state index contributed by atoms with van der Waals surface area (Å²) in [6, 6.07) is 23.8. The second-order valence-corrected chi connectivity index (χ2v) is 10.6. The lowest BCUT2D eigenvalue weighted by Gasteiger charge is -2.20. The fraction of sp³-hybridized carbons (Fsp3) is 0.162. The van der Waals surface area contributed by atoms with Gasteiger partial charge in [-0.3, -0.25) is 0 Å². The third-order valence-electron chi connectivity index (χ3n) is 7.49. The van der Waals surface area contributed by atoms with Crippen molar-refractivity contribution in [1.82, 2.24) is 0 Å². The van der Waals surface area contributed by atoms with Crippen LogP contribution in [0, 0.1) is 34.6 Å². The van der Waals surface area contributed by atoms with Gasteiger partial charge in [0.05, 0.1) is 5.56 Å². The maximum absolute atomic E-state index is 15.2. The molecule has 0 aromatic heterocycles. The summed E-state index contributed by atoms with van der Waals surface area (Å²) in [5, 5.41) is 8.88. The number of nitrogens with zero attached hydrogens (tertiary/aromatic N) is 1. The molecule has 0 aliphatic rings. The number of hydrogen-bond donors (Lipinski definition) is 0. The van der Waals surface area contributed by atoms with E-state index in [1.807, 2.05) is 24.3 Å². The summed E-state index contributed by atoms with van der Waals surface area (Å²) in [6.45, 7) is 2.14. The third-order valence-corrected chi connectivity index (χ3v) is 7.49. The fourth-order valence-corrected chi connectivity index (χ4v) is 5.08. The van der Waals surface area contributed by atoms with Crippen LogP contribution < -0.4 is 4.74 Å². The number of benzene rings is 5. The molecule has 5 rings (SSSR count). The molecule has 0 spiro atoms. The molecule has 2 nitrogen and oxygen atoms in total. The highest BCUT2D eigenvalue weighted by atomic mass is 19.3. The maximum Gasteiger partial charge on any atom is 0.432 e. The lowest BCUT2D eigenvalue weighted by molar-refractivity contribution is -0.189. The number of hydrogen-bond acceptors (Lipinski definition) is 2. The molecule has 228 valence electrons. The Labute approximate surface area is 257 Å². The van der Waals surface area contributed by atoms with Gasteiger partial charge in [0.2, 0.25) is 0 Å². The van der Waals surface area contributed by atoms with Crippen molar-refractivity contribution in [3.8, 4) is 45.2 Å². The van der Waals surface area contributed by atoms with Crippen molar-refractivity contribution in [2.45, 2.75) is 38.7 Å². The van der Waals surface area contributed by atoms with Crippen molar-refractivity contribution in [2.75, 3.05) is 0 Å². The minimum Gasteiger partial charge on any atom is -0.429 e. The molecule has 0 heterocycles. The molecule has 0 saturated heterocycles. The van der Waals surface area contributed by atoms with E-state index in [1.165, 1.54) is 42.0 Å². The fourth-order valence-electron chi connectivity index (χ4n) is 5.08. The Morgan fingerprint density at radius 3 is 1.71 bits per heavy atom. The van der Waals surface area contributed by atoms with E-state index in [0.717, 1.165) is 49.4 Å². The minimum absolute atomic E-state index is 0.146. The second kappa shape index (κ2) is 13.3. The van der Waals surface area contributed by atoms with Crippen LogP contribution in [-0.4, -0.2) is 0 Å². The van der Waals surface area contributed by atoms with E-state index in [9.17, 15) is 4.39 Å². The first kappa shape index (κ1) is 31.4. The number of unbranched alkanes of at least 4 members (excludes halogenated alkanes) is 2. The SMILES string of the molecule is CCCCCc1ccc(-c2ccc(-c3cc(F)c(C(F)(F)Oc4ccc(-c5ccc(C#N)c(F)c5)cc4)c(F)c3)c(F)c2)cc1. The minimum atomic E-state index is -4.42. The molecule has 5 aromatic rings. The van der Waals surface area contributed by atoms with Gasteiger partial charge < -0.3 is 4.74 Å². The van der Waals surface area contributed by atoms with Crippen molar-refractivity contribution in [2.24, 2.45) is 0 Å². The summed E-state index contributed by atoms with van der Waals surface area (Å²) in [4.78, 5) is 0. The van der Waals surface area contributed by atoms with Gasteiger partial charge in [0.1, 0.15) is 40.7 Å². The van der Waals surface area contributed by atoms with Crippen LogP contribution in [-0.2, 0) is 12.5 Å². The Morgan fingerprint density at radius 1 is 0.622 bits per heavy atom. The van der Waals surface area contributed by atoms with Gasteiger partial charge in [0, 0.05) is 5.56 Å². The van der Waals surface area contributed by atoms with E-state index in [4.69, 9.17) is 5.26 Å². The summed E-state index contributed by atoms with van der Waals surface area (Å²) in [5.41, 5.74) is 1.14. The van der Waals surface area contributed by atoms with Crippen LogP contribution in [0.25, 0.3) is 33.4 Å². The van der Waals surface area contributed by atoms with Crippen LogP contribution >= 0.6 is 0 Å². The zero-order chi connectivity index (χ0) is 32.1. The van der Waals surface area contributed by atoms with Crippen molar-refractivity contribution in [3.63, 3.8) is 0 Å². The number of halogens is 6. The first-order chi connectivity index (χ1) is 21.6. The highest BCUT2D eigenvalue weighted by molar-refractivity contribution is 5.71. The molecule has 0 N–H and O–H groups in total. The van der Waals surface area contributed by atoms with Gasteiger partial charge in [-0.15, -0.1) is 0 Å². The number of rotatable bonds is 10. The van der Waals surface area contributed by atoms with Crippen LogP contribution in [0.3, 0.4) is 0 Å². The average molecular weight is 616 g/mol. The Bertz CT molecular complexity index is 1840. The van der Waals surface area contributed by atoms with E-state index < -0.39 is 40.7 Å². The quantitative estimate of drug-likeness (QED) is 0.116. The lowest BCUT2D eigenvalue weighted by atomic mass is 9.97. The van der Waals surface area contributed by atoms with Crippen LogP contribution in [0.1, 0.15) is 42.9 Å². The maximum atomic E-state index is 15.2. The monoisotopic (exact) mass is 615 g/mol. The van der Waals surface area contributed by atoms with Crippen LogP contribution in [0.4, 0.5) is 26.3 Å². The second-order valence-electron chi connectivity index (χ2n) is 10.6. The predicted octanol–water partition coefficient (Wildman–Crippen LogP) is 11.0. The number of aryl methyl sites for hydroxylation is 1. The van der Waals surface area contributed by atoms with E-state index in [1.54, 1.807) is 12.1 Å². The Morgan fingerprint density at radius 2 is 1.16 bits per heavy atom. The molecule has 0 aliphatic carbocycles. The summed E-state index contributed by atoms with van der Waals surface area (Å²) in [5.74, 6) is -5.13. The summed E-state index contributed by atoms with van der Waals surface area (Å²) < 4.78 is 93.9. The van der Waals surface area contributed by atoms with Crippen molar-refractivity contribution < 1.29 is 31.1 Å². The van der Waals surface area contributed by atoms with E-state index in [2.05, 4.69) is 11.7 Å². The average Bonchev–Trinajstić information content (AvgIpc) is 3.01. The topological polar surface area (TPSA) is 33.0 Å². The standard InChI is InChI=1S/C37H27F6NO/c1-2-3-4-5-23-6-8-24(9-7-23)27-14-17-31(33(39)19-27)29-20-34(40)36(35(41)21-29)37(42,43)45-30-15-12-25(13-16-30)26-10-11-28(22-44)32(38)18-26/h6-21H,2-5H2,1H3. The first-order valence-corrected chi connectivity index (χ1v) is 14.3. The Hall–Kier alpha value is -5.03. The van der Waals surface area contributed by atoms with Gasteiger partial charge in [-0.1, -0.05) is 74.4 Å². The highest BCUT2D eigenvalue weighted by Gasteiger charge is 2.41. The number of nitriles is 1. The molecule has 0 amide bonds. The lowest BCUT2D eigenvalue weighted by Crippen LogP contribution is -2.25. The van der Waals surface area contributed by atoms with Crippen LogP contribution in [0.5, 0.6) is 5.75 Å². The third kappa shape index (κ3) is 7.04. The largest absolute Gasteiger partial charge is 0.432 e. The molecule has 0 aliphatic heterocycles. The van der Waals surface area contributed by atoms with Crippen molar-refractivity contribution in [3.05, 3.63) is 137 Å². The van der Waals surface area contributed by atoms with E-state index >= 15 is 22.0 Å². The number of alkyl halides is 2. The van der Waals surface area contributed by atoms with Crippen molar-refractivity contribution >= 4 is 0 Å². The van der Waals surface area contributed by atoms with E-state index in [-0.39, 0.29) is 16.7 Å². The summed E-state index contributed by atoms with van der Waals surface area (Å²) >= 11 is 0. The highest BCUT2D eigenvalue weighted by Crippen LogP contribution is 2.38.